The summed E-state index contributed by atoms with van der Waals surface area (Å²) in [6, 6.07) is 5.28. The molecule has 1 aromatic heterocycles. The highest BCUT2D eigenvalue weighted by molar-refractivity contribution is 5.73. The first-order valence-electron chi connectivity index (χ1n) is 26.9. The third-order valence-corrected chi connectivity index (χ3v) is 18.3. The molecule has 0 radical (unpaired) electrons. The number of hydrogen-bond acceptors (Lipinski definition) is 19. The van der Waals surface area contributed by atoms with E-state index < -0.39 is 124 Å². The van der Waals surface area contributed by atoms with Crippen LogP contribution in [0.25, 0.3) is 0 Å². The van der Waals surface area contributed by atoms with Crippen molar-refractivity contribution in [2.75, 3.05) is 20.7 Å². The normalized spacial score (nSPS) is 44.3. The molecule has 21 nitrogen and oxygen atoms in total. The summed E-state index contributed by atoms with van der Waals surface area (Å²) in [6.07, 6.45) is -4.32. The van der Waals surface area contributed by atoms with Crippen LogP contribution in [0.3, 0.4) is 0 Å². The van der Waals surface area contributed by atoms with Crippen LogP contribution in [0.15, 0.2) is 47.8 Å². The average Bonchev–Trinajstić information content (AvgIpc) is 4.16. The molecule has 1 saturated carbocycles. The molecule has 2 aromatic rings. The monoisotopic (exact) mass is 1050 g/mol. The summed E-state index contributed by atoms with van der Waals surface area (Å²) in [6.45, 7) is 24.0. The Bertz CT molecular complexity index is 2380. The van der Waals surface area contributed by atoms with Gasteiger partial charge in [-0.05, 0) is 85.8 Å². The number of aliphatic hydroxyl groups excluding tert-OH is 2. The minimum absolute atomic E-state index is 0.0368. The Morgan fingerprint density at radius 1 is 1.01 bits per heavy atom. The molecule has 2 spiro atoms. The van der Waals surface area contributed by atoms with Crippen molar-refractivity contribution < 1.29 is 62.9 Å². The highest BCUT2D eigenvalue weighted by Crippen LogP contribution is 2.64. The second-order valence-corrected chi connectivity index (χ2v) is 23.6. The van der Waals surface area contributed by atoms with E-state index in [2.05, 4.69) is 27.0 Å². The fourth-order valence-corrected chi connectivity index (χ4v) is 13.5. The lowest BCUT2D eigenvalue weighted by Gasteiger charge is -2.48. The summed E-state index contributed by atoms with van der Waals surface area (Å²) in [5.74, 6) is -3.18. The minimum Gasteiger partial charge on any atom is -0.459 e. The average molecular weight is 1060 g/mol. The SMILES string of the molecule is C=C1CC23C[C@@H](C)C(N=O)[C@H](C)[C@H]4OC4(C1)[C@](C)(O)[C@@H](CC)OC(=O)[C@H](C)[C@@H](OC1C[C@@](C)(OC)[C@@H](O)[C@H](C)O1)[C@H](C)[C@@H](O[C@@H]1O[C@H](C)C[C@H](N(C)CCc4cn(CCc5ccc([N+](=O)[O-])cc5)nn4)C1O)[C@]2(C)O3. The quantitative estimate of drug-likeness (QED) is 0.0489. The third kappa shape index (κ3) is 10.9. The number of aromatic nitrogens is 3. The van der Waals surface area contributed by atoms with Gasteiger partial charge in [-0.1, -0.05) is 62.4 Å². The molecule has 6 heterocycles. The van der Waals surface area contributed by atoms with Crippen molar-refractivity contribution in [3.05, 3.63) is 68.9 Å². The molecule has 21 heteroatoms. The van der Waals surface area contributed by atoms with Crippen molar-refractivity contribution in [3.63, 3.8) is 0 Å². The topological polar surface area (TPSA) is 265 Å². The number of benzene rings is 1. The van der Waals surface area contributed by atoms with Crippen LogP contribution in [-0.2, 0) is 62.1 Å². The molecule has 5 unspecified atom stereocenters. The van der Waals surface area contributed by atoms with E-state index in [4.69, 9.17) is 37.9 Å². The number of methoxy groups -OCH3 is 1. The maximum atomic E-state index is 14.9. The van der Waals surface area contributed by atoms with Crippen molar-refractivity contribution in [1.82, 2.24) is 19.9 Å². The van der Waals surface area contributed by atoms with Gasteiger partial charge >= 0.3 is 5.97 Å². The second-order valence-electron chi connectivity index (χ2n) is 23.6. The number of fused-ring (bicyclic) bond motifs is 2. The van der Waals surface area contributed by atoms with Crippen molar-refractivity contribution in [3.8, 4) is 0 Å². The number of ether oxygens (including phenoxy) is 8. The molecular formula is C54H82N6O15. The molecule has 5 saturated heterocycles. The number of non-ortho nitro benzene ring substituents is 1. The molecule has 0 amide bonds. The molecule has 8 rings (SSSR count). The number of epoxide rings is 2. The lowest BCUT2D eigenvalue weighted by atomic mass is 9.67. The van der Waals surface area contributed by atoms with Crippen LogP contribution in [0.2, 0.25) is 0 Å². The number of aryl methyl sites for hydroxylation is 2. The maximum absolute atomic E-state index is 14.9. The van der Waals surface area contributed by atoms with Gasteiger partial charge in [0.2, 0.25) is 0 Å². The lowest BCUT2D eigenvalue weighted by Crippen LogP contribution is -2.60. The predicted octanol–water partition coefficient (Wildman–Crippen LogP) is 5.61. The van der Waals surface area contributed by atoms with Gasteiger partial charge in [0, 0.05) is 82.1 Å². The molecule has 6 fully saturated rings. The van der Waals surface area contributed by atoms with Crippen LogP contribution in [0.5, 0.6) is 0 Å². The number of rotatable bonds is 15. The Hall–Kier alpha value is -3.87. The fourth-order valence-electron chi connectivity index (χ4n) is 13.5. The molecule has 2 bridgehead atoms. The summed E-state index contributed by atoms with van der Waals surface area (Å²) in [4.78, 5) is 40.6. The number of nitro benzene ring substituents is 1. The van der Waals surface area contributed by atoms with Crippen molar-refractivity contribution in [1.29, 1.82) is 0 Å². The summed E-state index contributed by atoms with van der Waals surface area (Å²) in [5, 5.41) is 60.0. The predicted molar refractivity (Wildman–Crippen MR) is 272 cm³/mol. The zero-order valence-electron chi connectivity index (χ0n) is 45.8. The number of esters is 1. The van der Waals surface area contributed by atoms with Gasteiger partial charge in [0.25, 0.3) is 5.69 Å². The Labute approximate surface area is 440 Å². The van der Waals surface area contributed by atoms with Crippen LogP contribution in [0.4, 0.5) is 5.69 Å². The summed E-state index contributed by atoms with van der Waals surface area (Å²) >= 11 is 0. The number of likely N-dealkylation sites (N-methyl/N-ethyl adjacent to an activating group) is 1. The summed E-state index contributed by atoms with van der Waals surface area (Å²) < 4.78 is 54.9. The molecule has 75 heavy (non-hydrogen) atoms. The Kier molecular flexibility index (Phi) is 16.6. The van der Waals surface area contributed by atoms with Crippen molar-refractivity contribution in [2.24, 2.45) is 28.8 Å². The number of hydrogen-bond donors (Lipinski definition) is 3. The van der Waals surface area contributed by atoms with Gasteiger partial charge in [0.1, 0.15) is 40.7 Å². The summed E-state index contributed by atoms with van der Waals surface area (Å²) in [5.41, 5.74) is -3.81. The first kappa shape index (κ1) is 57.3. The maximum Gasteiger partial charge on any atom is 0.311 e. The Balaban J connectivity index is 1.11. The molecular weight excluding hydrogens is 973 g/mol. The van der Waals surface area contributed by atoms with Gasteiger partial charge in [-0.15, -0.1) is 5.10 Å². The molecule has 1 aromatic carbocycles. The van der Waals surface area contributed by atoms with Crippen LogP contribution < -0.4 is 0 Å². The van der Waals surface area contributed by atoms with Gasteiger partial charge in [-0.2, -0.15) is 4.91 Å². The van der Waals surface area contributed by atoms with Crippen molar-refractivity contribution in [2.45, 2.75) is 229 Å². The highest BCUT2D eigenvalue weighted by atomic mass is 16.7. The van der Waals surface area contributed by atoms with E-state index in [-0.39, 0.29) is 37.0 Å². The molecule has 6 aliphatic rings. The van der Waals surface area contributed by atoms with Gasteiger partial charge in [0.15, 0.2) is 12.6 Å². The third-order valence-electron chi connectivity index (χ3n) is 18.3. The smallest absolute Gasteiger partial charge is 0.311 e. The zero-order valence-corrected chi connectivity index (χ0v) is 45.8. The van der Waals surface area contributed by atoms with Crippen molar-refractivity contribution >= 4 is 11.7 Å². The van der Waals surface area contributed by atoms with Gasteiger partial charge in [-0.3, -0.25) is 19.6 Å². The molecule has 21 atom stereocenters. The highest BCUT2D eigenvalue weighted by Gasteiger charge is 2.76. The molecule has 5 aliphatic heterocycles. The number of carbonyl (C=O) groups is 1. The van der Waals surface area contributed by atoms with E-state index in [1.54, 1.807) is 44.5 Å². The second kappa shape index (κ2) is 21.8. The van der Waals surface area contributed by atoms with E-state index in [1.807, 2.05) is 54.8 Å². The number of carbonyl (C=O) groups excluding carboxylic acids is 1. The first-order chi connectivity index (χ1) is 35.3. The number of nitro groups is 1. The van der Waals surface area contributed by atoms with E-state index in [9.17, 15) is 35.1 Å². The first-order valence-corrected chi connectivity index (χ1v) is 26.9. The number of cyclic esters (lactones) is 1. The van der Waals surface area contributed by atoms with Crippen LogP contribution in [0.1, 0.15) is 119 Å². The Morgan fingerprint density at radius 3 is 2.37 bits per heavy atom. The number of aliphatic hydroxyl groups is 3. The number of nitrogens with zero attached hydrogens (tertiary/aromatic N) is 6. The van der Waals surface area contributed by atoms with Gasteiger partial charge in [-0.25, -0.2) is 0 Å². The Morgan fingerprint density at radius 2 is 1.72 bits per heavy atom. The van der Waals surface area contributed by atoms with E-state index >= 15 is 0 Å². The van der Waals surface area contributed by atoms with Crippen LogP contribution in [0, 0.1) is 38.7 Å². The van der Waals surface area contributed by atoms with E-state index in [0.717, 1.165) is 16.8 Å². The molecule has 3 N–H and O–H groups in total. The van der Waals surface area contributed by atoms with E-state index in [0.29, 0.717) is 45.2 Å². The minimum atomic E-state index is -1.74. The molecule has 1 aliphatic carbocycles. The van der Waals surface area contributed by atoms with Gasteiger partial charge in [0.05, 0.1) is 58.7 Å². The largest absolute Gasteiger partial charge is 0.459 e. The zero-order chi connectivity index (χ0) is 54.7. The van der Waals surface area contributed by atoms with E-state index in [1.165, 1.54) is 19.2 Å². The van der Waals surface area contributed by atoms with Crippen LogP contribution in [-0.4, -0.2) is 168 Å². The van der Waals surface area contributed by atoms with Gasteiger partial charge < -0.3 is 58.1 Å². The standard InChI is InChI=1S/C54H82N6O15/c1-14-40-51(10,64)54-25-29(2)24-53(26-30(3)42(56-65)32(5)47(54)74-54)52(11,75-53)46(33(6)44(34(7)48(63)71-40)72-41-27-50(9,68-13)45(62)35(8)70-41)73-49-43(61)39(23-31(4)69-49)58(12)21-20-37-28-59(57-55-37)22-19-36-15-17-38(18-16-36)60(66)67/h15-18,28,30-35,39-47,49,61-62,64H,2,14,19-27H2,1,3-13H3/t30-,31-,32+,33+,34-,35+,39+,40-,41?,42?,43?,44+,45+,46-,47-,49+,50-,51-,52+,53?,54?/m1/s1. The van der Waals surface area contributed by atoms with Crippen LogP contribution >= 0.6 is 0 Å². The number of nitroso groups, excluding NO2 is 1. The lowest BCUT2D eigenvalue weighted by molar-refractivity contribution is -0.384. The molecule has 418 valence electrons. The fraction of sp³-hybridized carbons (Fsp3) is 0.796. The summed E-state index contributed by atoms with van der Waals surface area (Å²) in [7, 11) is 3.46.